The molecule has 0 aromatic carbocycles. The van der Waals surface area contributed by atoms with Crippen molar-refractivity contribution >= 4 is 0 Å². The Balaban J connectivity index is 1.59. The van der Waals surface area contributed by atoms with E-state index in [1.807, 2.05) is 0 Å². The molecule has 3 atom stereocenters. The monoisotopic (exact) mass is 266 g/mol. The molecule has 2 saturated heterocycles. The number of nitrogens with one attached hydrogen (secondary N) is 1. The van der Waals surface area contributed by atoms with E-state index in [1.54, 1.807) is 0 Å². The van der Waals surface area contributed by atoms with Gasteiger partial charge in [-0.2, -0.15) is 0 Å². The van der Waals surface area contributed by atoms with Gasteiger partial charge in [-0.05, 0) is 71.4 Å². The molecular weight excluding hydrogens is 236 g/mol. The number of piperidine rings is 1. The van der Waals surface area contributed by atoms with Crippen LogP contribution in [0.25, 0.3) is 0 Å². The maximum Gasteiger partial charge on any atom is 0.0565 e. The lowest BCUT2D eigenvalue weighted by Crippen LogP contribution is -2.48. The van der Waals surface area contributed by atoms with Gasteiger partial charge in [-0.3, -0.25) is 4.90 Å². The van der Waals surface area contributed by atoms with Gasteiger partial charge in [0.15, 0.2) is 0 Å². The first-order valence-corrected chi connectivity index (χ1v) is 8.34. The second kappa shape index (κ2) is 6.11. The lowest BCUT2D eigenvalue weighted by Gasteiger charge is -2.41. The van der Waals surface area contributed by atoms with E-state index in [-0.39, 0.29) is 0 Å². The number of ether oxygens (including phenoxy) is 1. The van der Waals surface area contributed by atoms with Crippen molar-refractivity contribution in [3.8, 4) is 0 Å². The van der Waals surface area contributed by atoms with Crippen molar-refractivity contribution in [2.45, 2.75) is 76.7 Å². The number of hydrogen-bond donors (Lipinski definition) is 1. The fourth-order valence-electron chi connectivity index (χ4n) is 4.02. The fourth-order valence-corrected chi connectivity index (χ4v) is 4.02. The molecule has 3 rings (SSSR count). The van der Waals surface area contributed by atoms with Gasteiger partial charge in [0, 0.05) is 18.6 Å². The summed E-state index contributed by atoms with van der Waals surface area (Å²) in [6.45, 7) is 8.27. The van der Waals surface area contributed by atoms with Crippen molar-refractivity contribution in [3.05, 3.63) is 0 Å². The minimum absolute atomic E-state index is 0.444. The van der Waals surface area contributed by atoms with Crippen LogP contribution in [0.3, 0.4) is 0 Å². The Hall–Kier alpha value is -0.120. The highest BCUT2D eigenvalue weighted by Gasteiger charge is 2.38. The molecule has 3 heteroatoms. The van der Waals surface area contributed by atoms with E-state index >= 15 is 0 Å². The van der Waals surface area contributed by atoms with Crippen LogP contribution >= 0.6 is 0 Å². The Morgan fingerprint density at radius 2 is 1.79 bits per heavy atom. The summed E-state index contributed by atoms with van der Waals surface area (Å²) in [6, 6.07) is 1.66. The molecule has 3 nitrogen and oxygen atoms in total. The summed E-state index contributed by atoms with van der Waals surface area (Å²) in [7, 11) is 0. The first-order valence-electron chi connectivity index (χ1n) is 8.34. The maximum atomic E-state index is 5.92. The van der Waals surface area contributed by atoms with Gasteiger partial charge < -0.3 is 10.1 Å². The summed E-state index contributed by atoms with van der Waals surface area (Å²) in [5.74, 6) is 0.878. The maximum absolute atomic E-state index is 5.92. The van der Waals surface area contributed by atoms with Gasteiger partial charge in [-0.15, -0.1) is 0 Å². The standard InChI is InChI=1S/C16H30N2O/c1-12-8-16(9-13(2)19-12)18(15-5-6-15)11-14-4-3-7-17-10-14/h12-17H,3-11H2,1-2H3. The number of hydrogen-bond acceptors (Lipinski definition) is 3. The van der Waals surface area contributed by atoms with Crippen LogP contribution in [0, 0.1) is 5.92 Å². The summed E-state index contributed by atoms with van der Waals surface area (Å²) >= 11 is 0. The third-order valence-electron chi connectivity index (χ3n) is 5.03. The molecule has 3 fully saturated rings. The summed E-state index contributed by atoms with van der Waals surface area (Å²) in [6.07, 6.45) is 9.01. The average Bonchev–Trinajstić information content (AvgIpc) is 3.20. The molecule has 0 spiro atoms. The molecular formula is C16H30N2O. The molecule has 0 bridgehead atoms. The second-order valence-corrected chi connectivity index (χ2v) is 7.02. The van der Waals surface area contributed by atoms with Gasteiger partial charge in [-0.1, -0.05) is 0 Å². The fraction of sp³-hybridized carbons (Fsp3) is 1.00. The van der Waals surface area contributed by atoms with Crippen LogP contribution in [0.15, 0.2) is 0 Å². The van der Waals surface area contributed by atoms with Crippen molar-refractivity contribution in [1.82, 2.24) is 10.2 Å². The molecule has 3 aliphatic rings. The van der Waals surface area contributed by atoms with Crippen molar-refractivity contribution in [3.63, 3.8) is 0 Å². The zero-order chi connectivity index (χ0) is 13.2. The van der Waals surface area contributed by atoms with E-state index < -0.39 is 0 Å². The van der Waals surface area contributed by atoms with Crippen LogP contribution in [0.4, 0.5) is 0 Å². The zero-order valence-corrected chi connectivity index (χ0v) is 12.6. The molecule has 0 aromatic rings. The van der Waals surface area contributed by atoms with E-state index in [0.29, 0.717) is 12.2 Å². The third-order valence-corrected chi connectivity index (χ3v) is 5.03. The van der Waals surface area contributed by atoms with Crippen molar-refractivity contribution in [2.75, 3.05) is 19.6 Å². The van der Waals surface area contributed by atoms with E-state index in [0.717, 1.165) is 18.0 Å². The van der Waals surface area contributed by atoms with Crippen molar-refractivity contribution in [1.29, 1.82) is 0 Å². The summed E-state index contributed by atoms with van der Waals surface area (Å²) < 4.78 is 5.92. The van der Waals surface area contributed by atoms with E-state index in [1.165, 1.54) is 58.2 Å². The lowest BCUT2D eigenvalue weighted by molar-refractivity contribution is -0.0692. The highest BCUT2D eigenvalue weighted by atomic mass is 16.5. The third kappa shape index (κ3) is 3.71. The lowest BCUT2D eigenvalue weighted by atomic mass is 9.94. The summed E-state index contributed by atoms with van der Waals surface area (Å²) in [5.41, 5.74) is 0. The molecule has 19 heavy (non-hydrogen) atoms. The Kier molecular flexibility index (Phi) is 4.45. The molecule has 1 N–H and O–H groups in total. The highest BCUT2D eigenvalue weighted by molar-refractivity contribution is 4.93. The number of rotatable bonds is 4. The summed E-state index contributed by atoms with van der Waals surface area (Å²) in [5, 5.41) is 3.57. The molecule has 2 heterocycles. The largest absolute Gasteiger partial charge is 0.375 e. The SMILES string of the molecule is CC1CC(N(CC2CCCNC2)C2CC2)CC(C)O1. The van der Waals surface area contributed by atoms with Gasteiger partial charge in [-0.25, -0.2) is 0 Å². The van der Waals surface area contributed by atoms with Crippen LogP contribution < -0.4 is 5.32 Å². The highest BCUT2D eigenvalue weighted by Crippen LogP contribution is 2.35. The summed E-state index contributed by atoms with van der Waals surface area (Å²) in [4.78, 5) is 2.85. The quantitative estimate of drug-likeness (QED) is 0.845. The van der Waals surface area contributed by atoms with Crippen LogP contribution in [0.5, 0.6) is 0 Å². The first kappa shape index (κ1) is 13.8. The minimum atomic E-state index is 0.444. The Labute approximate surface area is 118 Å². The van der Waals surface area contributed by atoms with Crippen molar-refractivity contribution < 1.29 is 4.74 Å². The van der Waals surface area contributed by atoms with Gasteiger partial charge in [0.25, 0.3) is 0 Å². The zero-order valence-electron chi connectivity index (χ0n) is 12.6. The predicted molar refractivity (Wildman–Crippen MR) is 78.4 cm³/mol. The molecule has 0 radical (unpaired) electrons. The number of nitrogens with zero attached hydrogens (tertiary/aromatic N) is 1. The molecule has 0 aromatic heterocycles. The van der Waals surface area contributed by atoms with E-state index in [4.69, 9.17) is 4.74 Å². The van der Waals surface area contributed by atoms with Gasteiger partial charge >= 0.3 is 0 Å². The van der Waals surface area contributed by atoms with Crippen LogP contribution in [0.1, 0.15) is 52.4 Å². The van der Waals surface area contributed by atoms with Crippen LogP contribution in [0.2, 0.25) is 0 Å². The molecule has 1 aliphatic carbocycles. The molecule has 1 saturated carbocycles. The smallest absolute Gasteiger partial charge is 0.0565 e. The average molecular weight is 266 g/mol. The molecule has 2 aliphatic heterocycles. The van der Waals surface area contributed by atoms with Crippen LogP contribution in [-0.2, 0) is 4.74 Å². The molecule has 110 valence electrons. The minimum Gasteiger partial charge on any atom is -0.375 e. The predicted octanol–water partition coefficient (Wildman–Crippen LogP) is 2.41. The normalized spacial score (nSPS) is 40.6. The van der Waals surface area contributed by atoms with E-state index in [2.05, 4.69) is 24.1 Å². The topological polar surface area (TPSA) is 24.5 Å². The van der Waals surface area contributed by atoms with Crippen LogP contribution in [-0.4, -0.2) is 48.8 Å². The van der Waals surface area contributed by atoms with Gasteiger partial charge in [0.05, 0.1) is 12.2 Å². The Morgan fingerprint density at radius 1 is 1.05 bits per heavy atom. The molecule has 3 unspecified atom stereocenters. The molecule has 0 amide bonds. The Morgan fingerprint density at radius 3 is 2.37 bits per heavy atom. The first-order chi connectivity index (χ1) is 9.22. The van der Waals surface area contributed by atoms with E-state index in [9.17, 15) is 0 Å². The van der Waals surface area contributed by atoms with Gasteiger partial charge in [0.2, 0.25) is 0 Å². The second-order valence-electron chi connectivity index (χ2n) is 7.02. The Bertz CT molecular complexity index is 276. The van der Waals surface area contributed by atoms with Crippen molar-refractivity contribution in [2.24, 2.45) is 5.92 Å². The van der Waals surface area contributed by atoms with Gasteiger partial charge in [0.1, 0.15) is 0 Å².